The number of hydrogen-bond donors (Lipinski definition) is 0. The lowest BCUT2D eigenvalue weighted by atomic mass is 9.27. The summed E-state index contributed by atoms with van der Waals surface area (Å²) in [5.41, 5.74) is 22.3. The van der Waals surface area contributed by atoms with E-state index in [0.29, 0.717) is 5.41 Å². The van der Waals surface area contributed by atoms with Crippen molar-refractivity contribution >= 4 is 17.1 Å². The van der Waals surface area contributed by atoms with Gasteiger partial charge in [0, 0.05) is 27.8 Å². The molecule has 0 heterocycles. The van der Waals surface area contributed by atoms with Crippen LogP contribution in [0.4, 0.5) is 17.1 Å². The Hall–Kier alpha value is -4.88. The molecule has 13 rings (SSSR count). The van der Waals surface area contributed by atoms with Crippen LogP contribution in [0.25, 0.3) is 33.4 Å². The van der Waals surface area contributed by atoms with Gasteiger partial charge in [0.2, 0.25) is 0 Å². The molecule has 288 valence electrons. The van der Waals surface area contributed by atoms with Gasteiger partial charge in [-0.05, 0) is 176 Å². The molecule has 0 aromatic heterocycles. The maximum Gasteiger partial charge on any atom is 0.0543 e. The van der Waals surface area contributed by atoms with E-state index in [9.17, 15) is 0 Å². The standard InChI is InChI=1S/C57H55N/c1-53(2)26-27-54(3,4)48-32-39(23-25-45(48)53)58(49-17-11-16-46-52(49)42-13-8-9-14-43(42)55(46,5)6)38-21-18-35(19-22-38)36-20-24-41-40-12-7-10-15-44(40)57(47(41)30-36)50-29-34-28-37-31-51(57)56(37,50)33-34/h7-25,30,32,34,37,50-51H,26-29,31,33H2,1-6H3. The Morgan fingerprint density at radius 2 is 1.14 bits per heavy atom. The molecule has 0 N–H and O–H groups in total. The average Bonchev–Trinajstić information content (AvgIpc) is 3.92. The Morgan fingerprint density at radius 3 is 1.93 bits per heavy atom. The summed E-state index contributed by atoms with van der Waals surface area (Å²) in [6.07, 6.45) is 8.32. The summed E-state index contributed by atoms with van der Waals surface area (Å²) < 4.78 is 0. The first kappa shape index (κ1) is 34.0. The van der Waals surface area contributed by atoms with Crippen molar-refractivity contribution in [2.75, 3.05) is 4.90 Å². The second kappa shape index (κ2) is 10.8. The van der Waals surface area contributed by atoms with Gasteiger partial charge < -0.3 is 4.90 Å². The molecule has 1 heteroatoms. The highest BCUT2D eigenvalue weighted by Gasteiger charge is 2.84. The minimum absolute atomic E-state index is 0.0670. The Labute approximate surface area is 345 Å². The van der Waals surface area contributed by atoms with Crippen LogP contribution in [0.15, 0.2) is 127 Å². The van der Waals surface area contributed by atoms with Crippen LogP contribution in [0.1, 0.15) is 113 Å². The minimum atomic E-state index is -0.0670. The molecule has 7 aliphatic carbocycles. The van der Waals surface area contributed by atoms with Gasteiger partial charge in [-0.2, -0.15) is 0 Å². The van der Waals surface area contributed by atoms with E-state index in [4.69, 9.17) is 0 Å². The van der Waals surface area contributed by atoms with Crippen molar-refractivity contribution < 1.29 is 0 Å². The number of hydrogen-bond acceptors (Lipinski definition) is 1. The summed E-state index contributed by atoms with van der Waals surface area (Å²) in [4.78, 5) is 2.57. The number of benzene rings is 6. The van der Waals surface area contributed by atoms with Crippen molar-refractivity contribution in [3.63, 3.8) is 0 Å². The first-order valence-corrected chi connectivity index (χ1v) is 22.5. The largest absolute Gasteiger partial charge is 0.310 e. The fraction of sp³-hybridized carbons (Fsp3) is 0.368. The molecule has 4 fully saturated rings. The van der Waals surface area contributed by atoms with E-state index in [-0.39, 0.29) is 21.7 Å². The molecule has 6 aromatic carbocycles. The third-order valence-corrected chi connectivity index (χ3v) is 18.0. The van der Waals surface area contributed by atoms with Crippen molar-refractivity contribution in [2.24, 2.45) is 29.1 Å². The van der Waals surface area contributed by atoms with Crippen LogP contribution in [0, 0.1) is 29.1 Å². The van der Waals surface area contributed by atoms with Crippen molar-refractivity contribution in [3.8, 4) is 33.4 Å². The van der Waals surface area contributed by atoms with Crippen molar-refractivity contribution in [3.05, 3.63) is 161 Å². The third kappa shape index (κ3) is 3.91. The molecule has 2 spiro atoms. The zero-order valence-electron chi connectivity index (χ0n) is 35.1. The summed E-state index contributed by atoms with van der Waals surface area (Å²) in [6, 6.07) is 50.2. The topological polar surface area (TPSA) is 3.24 Å². The molecular weight excluding hydrogens is 699 g/mol. The van der Waals surface area contributed by atoms with E-state index in [2.05, 4.69) is 174 Å². The molecule has 6 atom stereocenters. The van der Waals surface area contributed by atoms with Gasteiger partial charge in [-0.15, -0.1) is 0 Å². The molecule has 2 bridgehead atoms. The monoisotopic (exact) mass is 753 g/mol. The van der Waals surface area contributed by atoms with Gasteiger partial charge in [-0.25, -0.2) is 0 Å². The summed E-state index contributed by atoms with van der Waals surface area (Å²) in [6.45, 7) is 14.6. The molecule has 6 unspecified atom stereocenters. The average molecular weight is 754 g/mol. The van der Waals surface area contributed by atoms with Crippen LogP contribution >= 0.6 is 0 Å². The van der Waals surface area contributed by atoms with Gasteiger partial charge in [-0.3, -0.25) is 0 Å². The molecule has 0 radical (unpaired) electrons. The molecule has 1 nitrogen and oxygen atoms in total. The Bertz CT molecular complexity index is 2760. The lowest BCUT2D eigenvalue weighted by Crippen LogP contribution is -2.73. The second-order valence-electron chi connectivity index (χ2n) is 21.6. The quantitative estimate of drug-likeness (QED) is 0.173. The second-order valence-corrected chi connectivity index (χ2v) is 21.6. The lowest BCUT2D eigenvalue weighted by Gasteiger charge is -2.76. The summed E-state index contributed by atoms with van der Waals surface area (Å²) in [5.74, 6) is 3.61. The Morgan fingerprint density at radius 1 is 0.483 bits per heavy atom. The predicted molar refractivity (Wildman–Crippen MR) is 240 cm³/mol. The molecule has 58 heavy (non-hydrogen) atoms. The van der Waals surface area contributed by atoms with Crippen molar-refractivity contribution in [2.45, 2.75) is 102 Å². The Balaban J connectivity index is 0.954. The van der Waals surface area contributed by atoms with Gasteiger partial charge in [0.15, 0.2) is 0 Å². The highest BCUT2D eigenvalue weighted by Crippen LogP contribution is 2.89. The van der Waals surface area contributed by atoms with E-state index in [1.165, 1.54) is 111 Å². The maximum absolute atomic E-state index is 2.64. The fourth-order valence-corrected chi connectivity index (χ4v) is 15.4. The minimum Gasteiger partial charge on any atom is -0.310 e. The van der Waals surface area contributed by atoms with E-state index >= 15 is 0 Å². The number of anilines is 3. The zero-order chi connectivity index (χ0) is 39.1. The van der Waals surface area contributed by atoms with Crippen LogP contribution in [-0.4, -0.2) is 0 Å². The van der Waals surface area contributed by atoms with Gasteiger partial charge >= 0.3 is 0 Å². The highest BCUT2D eigenvalue weighted by atomic mass is 15.1. The number of rotatable bonds is 4. The molecular formula is C57H55N. The molecule has 7 aliphatic rings. The predicted octanol–water partition coefficient (Wildman–Crippen LogP) is 14.8. The van der Waals surface area contributed by atoms with Crippen LogP contribution < -0.4 is 4.90 Å². The number of fused-ring (bicyclic) bond motifs is 12. The smallest absolute Gasteiger partial charge is 0.0543 e. The first-order valence-electron chi connectivity index (χ1n) is 22.5. The van der Waals surface area contributed by atoms with Gasteiger partial charge in [0.25, 0.3) is 0 Å². The SMILES string of the molecule is CC1(C)CCC(C)(C)c2cc(N(c3ccc(-c4ccc5c(c4)C4(c6ccccc6-5)C5CC6CC7CC4C75C6)cc3)c3cccc4c3-c3ccccc3C4(C)C)ccc21. The van der Waals surface area contributed by atoms with Crippen molar-refractivity contribution in [1.29, 1.82) is 0 Å². The van der Waals surface area contributed by atoms with E-state index in [1.807, 2.05) is 0 Å². The van der Waals surface area contributed by atoms with E-state index in [1.54, 1.807) is 11.1 Å². The third-order valence-electron chi connectivity index (χ3n) is 18.0. The van der Waals surface area contributed by atoms with Crippen LogP contribution in [0.3, 0.4) is 0 Å². The summed E-state index contributed by atoms with van der Waals surface area (Å²) >= 11 is 0. The van der Waals surface area contributed by atoms with Crippen molar-refractivity contribution in [1.82, 2.24) is 0 Å². The van der Waals surface area contributed by atoms with Crippen LogP contribution in [0.5, 0.6) is 0 Å². The van der Waals surface area contributed by atoms with Gasteiger partial charge in [-0.1, -0.05) is 133 Å². The lowest BCUT2D eigenvalue weighted by molar-refractivity contribution is -0.231. The first-order chi connectivity index (χ1) is 27.9. The molecule has 0 saturated heterocycles. The zero-order valence-corrected chi connectivity index (χ0v) is 35.1. The van der Waals surface area contributed by atoms with Crippen LogP contribution in [-0.2, 0) is 21.7 Å². The normalized spacial score (nSPS) is 29.7. The summed E-state index contributed by atoms with van der Waals surface area (Å²) in [5, 5.41) is 0. The maximum atomic E-state index is 2.64. The number of nitrogens with zero attached hydrogens (tertiary/aromatic N) is 1. The fourth-order valence-electron chi connectivity index (χ4n) is 15.4. The van der Waals surface area contributed by atoms with Crippen LogP contribution in [0.2, 0.25) is 0 Å². The van der Waals surface area contributed by atoms with E-state index in [0.717, 1.165) is 23.7 Å². The molecule has 0 aliphatic heterocycles. The molecule has 6 aromatic rings. The Kier molecular flexibility index (Phi) is 6.36. The van der Waals surface area contributed by atoms with E-state index < -0.39 is 0 Å². The summed E-state index contributed by atoms with van der Waals surface area (Å²) in [7, 11) is 0. The molecule has 0 amide bonds. The highest BCUT2D eigenvalue weighted by molar-refractivity contribution is 5.95. The molecule has 4 saturated carbocycles. The van der Waals surface area contributed by atoms with Gasteiger partial charge in [0.05, 0.1) is 5.69 Å². The van der Waals surface area contributed by atoms with Gasteiger partial charge in [0.1, 0.15) is 0 Å².